The van der Waals surface area contributed by atoms with E-state index in [0.29, 0.717) is 11.3 Å². The van der Waals surface area contributed by atoms with E-state index in [9.17, 15) is 4.79 Å². The van der Waals surface area contributed by atoms with Crippen molar-refractivity contribution < 1.29 is 4.79 Å². The van der Waals surface area contributed by atoms with Crippen LogP contribution in [0.15, 0.2) is 48.5 Å². The summed E-state index contributed by atoms with van der Waals surface area (Å²) in [6.07, 6.45) is 0. The van der Waals surface area contributed by atoms with Gasteiger partial charge in [0.15, 0.2) is 0 Å². The van der Waals surface area contributed by atoms with Crippen molar-refractivity contribution in [3.8, 4) is 0 Å². The number of para-hydroxylation sites is 1. The number of anilines is 1. The van der Waals surface area contributed by atoms with Crippen molar-refractivity contribution in [1.29, 1.82) is 0 Å². The maximum Gasteiger partial charge on any atom is 0.259 e. The number of fused-ring (bicyclic) bond motifs is 2. The van der Waals surface area contributed by atoms with Gasteiger partial charge in [0, 0.05) is 28.8 Å². The topological polar surface area (TPSA) is 58.4 Å². The Bertz CT molecular complexity index is 837. The number of hydrogen-bond acceptors (Lipinski definition) is 3. The Balaban J connectivity index is 2.39. The molecule has 1 heterocycles. The van der Waals surface area contributed by atoms with Crippen LogP contribution < -0.4 is 16.0 Å². The lowest BCUT2D eigenvalue weighted by Crippen LogP contribution is -2.40. The monoisotopic (exact) mass is 335 g/mol. The van der Waals surface area contributed by atoms with Gasteiger partial charge in [-0.25, -0.2) is 0 Å². The van der Waals surface area contributed by atoms with Crippen LogP contribution in [0.5, 0.6) is 0 Å². The zero-order valence-electron chi connectivity index (χ0n) is 15.2. The fourth-order valence-corrected chi connectivity index (χ4v) is 3.28. The van der Waals surface area contributed by atoms with E-state index in [2.05, 4.69) is 19.2 Å². The Morgan fingerprint density at radius 3 is 2.04 bits per heavy atom. The molecule has 0 unspecified atom stereocenters. The van der Waals surface area contributed by atoms with Crippen LogP contribution in [0, 0.1) is 0 Å². The molecule has 0 fully saturated rings. The summed E-state index contributed by atoms with van der Waals surface area (Å²) >= 11 is 0. The van der Waals surface area contributed by atoms with Gasteiger partial charge in [0.25, 0.3) is 5.91 Å². The molecule has 2 aromatic carbocycles. The molecular weight excluding hydrogens is 310 g/mol. The highest BCUT2D eigenvalue weighted by Gasteiger charge is 2.29. The van der Waals surface area contributed by atoms with Gasteiger partial charge < -0.3 is 16.0 Å². The van der Waals surface area contributed by atoms with E-state index in [0.717, 1.165) is 22.5 Å². The quantitative estimate of drug-likeness (QED) is 0.896. The fraction of sp³-hybridized carbons (Fsp3) is 0.286. The van der Waals surface area contributed by atoms with Gasteiger partial charge in [-0.3, -0.25) is 4.79 Å². The van der Waals surface area contributed by atoms with E-state index in [4.69, 9.17) is 5.73 Å². The van der Waals surface area contributed by atoms with Crippen molar-refractivity contribution in [3.63, 3.8) is 0 Å². The summed E-state index contributed by atoms with van der Waals surface area (Å²) < 4.78 is 0. The number of hydrogen-bond donors (Lipinski definition) is 2. The number of carbonyl (C=O) groups excluding carboxylic acids is 1. The Hall–Kier alpha value is -2.75. The van der Waals surface area contributed by atoms with Crippen LogP contribution in [-0.2, 0) is 0 Å². The molecule has 0 aromatic heterocycles. The molecule has 0 atom stereocenters. The van der Waals surface area contributed by atoms with Crippen LogP contribution in [0.3, 0.4) is 0 Å². The summed E-state index contributed by atoms with van der Waals surface area (Å²) in [5.41, 5.74) is 11.3. The molecular formula is C21H25N3O. The maximum atomic E-state index is 13.3. The number of amides is 1. The van der Waals surface area contributed by atoms with Gasteiger partial charge in [-0.05, 0) is 39.8 Å². The van der Waals surface area contributed by atoms with Crippen molar-refractivity contribution >= 4 is 23.0 Å². The SMILES string of the molecule is CC(C)N/C1=C(\N)c2ccccc2C(=O)N(C(C)C)c2ccccc21. The second-order valence-corrected chi connectivity index (χ2v) is 6.92. The van der Waals surface area contributed by atoms with Crippen molar-refractivity contribution in [1.82, 2.24) is 5.32 Å². The first-order valence-corrected chi connectivity index (χ1v) is 8.70. The smallest absolute Gasteiger partial charge is 0.259 e. The summed E-state index contributed by atoms with van der Waals surface area (Å²) in [6, 6.07) is 15.7. The van der Waals surface area contributed by atoms with Crippen molar-refractivity contribution in [2.75, 3.05) is 4.90 Å². The van der Waals surface area contributed by atoms with E-state index in [1.807, 2.05) is 67.3 Å². The highest BCUT2D eigenvalue weighted by atomic mass is 16.2. The molecule has 0 bridgehead atoms. The maximum absolute atomic E-state index is 13.3. The number of nitrogens with two attached hydrogens (primary N) is 1. The molecule has 4 heteroatoms. The normalized spacial score (nSPS) is 17.2. The molecule has 130 valence electrons. The van der Waals surface area contributed by atoms with E-state index >= 15 is 0 Å². The molecule has 3 N–H and O–H groups in total. The third-order valence-corrected chi connectivity index (χ3v) is 4.32. The minimum Gasteiger partial charge on any atom is -0.397 e. The van der Waals surface area contributed by atoms with Gasteiger partial charge >= 0.3 is 0 Å². The minimum absolute atomic E-state index is 0.0235. The van der Waals surface area contributed by atoms with Gasteiger partial charge in [0.2, 0.25) is 0 Å². The Morgan fingerprint density at radius 2 is 1.44 bits per heavy atom. The summed E-state index contributed by atoms with van der Waals surface area (Å²) in [6.45, 7) is 8.22. The number of nitrogens with zero attached hydrogens (tertiary/aromatic N) is 1. The number of nitrogens with one attached hydrogen (secondary N) is 1. The second-order valence-electron chi connectivity index (χ2n) is 6.92. The van der Waals surface area contributed by atoms with Gasteiger partial charge in [-0.2, -0.15) is 0 Å². The number of rotatable bonds is 3. The lowest BCUT2D eigenvalue weighted by molar-refractivity contribution is 0.0980. The molecule has 2 aromatic rings. The lowest BCUT2D eigenvalue weighted by Gasteiger charge is -2.33. The van der Waals surface area contributed by atoms with Crippen molar-refractivity contribution in [2.24, 2.45) is 5.73 Å². The van der Waals surface area contributed by atoms with E-state index < -0.39 is 0 Å². The average molecular weight is 335 g/mol. The van der Waals surface area contributed by atoms with E-state index in [-0.39, 0.29) is 18.0 Å². The van der Waals surface area contributed by atoms with Gasteiger partial charge in [0.05, 0.1) is 17.1 Å². The second kappa shape index (κ2) is 6.63. The Morgan fingerprint density at radius 1 is 0.880 bits per heavy atom. The zero-order valence-corrected chi connectivity index (χ0v) is 15.2. The van der Waals surface area contributed by atoms with Crippen LogP contribution in [0.25, 0.3) is 11.4 Å². The lowest BCUT2D eigenvalue weighted by atomic mass is 9.94. The van der Waals surface area contributed by atoms with Crippen LogP contribution in [0.1, 0.15) is 49.2 Å². The first kappa shape index (κ1) is 17.1. The molecule has 1 amide bonds. The summed E-state index contributed by atoms with van der Waals surface area (Å²) in [7, 11) is 0. The van der Waals surface area contributed by atoms with Crippen LogP contribution in [-0.4, -0.2) is 18.0 Å². The van der Waals surface area contributed by atoms with E-state index in [1.54, 1.807) is 0 Å². The Labute approximate surface area is 149 Å². The summed E-state index contributed by atoms with van der Waals surface area (Å²) in [5.74, 6) is -0.0235. The molecule has 0 saturated carbocycles. The fourth-order valence-electron chi connectivity index (χ4n) is 3.28. The highest BCUT2D eigenvalue weighted by Crippen LogP contribution is 2.35. The first-order chi connectivity index (χ1) is 11.9. The summed E-state index contributed by atoms with van der Waals surface area (Å²) in [4.78, 5) is 15.1. The molecule has 0 spiro atoms. The van der Waals surface area contributed by atoms with Crippen molar-refractivity contribution in [2.45, 2.75) is 39.8 Å². The average Bonchev–Trinajstić information content (AvgIpc) is 2.58. The molecule has 0 aliphatic carbocycles. The largest absolute Gasteiger partial charge is 0.397 e. The third kappa shape index (κ3) is 3.00. The highest BCUT2D eigenvalue weighted by molar-refractivity contribution is 6.13. The number of benzene rings is 2. The molecule has 0 radical (unpaired) electrons. The van der Waals surface area contributed by atoms with E-state index in [1.165, 1.54) is 0 Å². The van der Waals surface area contributed by atoms with Crippen LogP contribution in [0.2, 0.25) is 0 Å². The minimum atomic E-state index is -0.0235. The predicted octanol–water partition coefficient (Wildman–Crippen LogP) is 3.84. The van der Waals surface area contributed by atoms with Crippen LogP contribution in [0.4, 0.5) is 5.69 Å². The van der Waals surface area contributed by atoms with Crippen molar-refractivity contribution in [3.05, 3.63) is 65.2 Å². The number of carbonyl (C=O) groups is 1. The Kier molecular flexibility index (Phi) is 4.53. The third-order valence-electron chi connectivity index (χ3n) is 4.32. The molecule has 0 saturated heterocycles. The standard InChI is InChI=1S/C21H25N3O/c1-13(2)23-20-17-11-7-8-12-18(17)24(14(3)4)21(25)16-10-6-5-9-15(16)19(20)22/h5-14,23H,22H2,1-4H3/b20-19-. The molecule has 1 aliphatic rings. The predicted molar refractivity (Wildman–Crippen MR) is 104 cm³/mol. The summed E-state index contributed by atoms with van der Waals surface area (Å²) in [5, 5.41) is 3.49. The van der Waals surface area contributed by atoms with Gasteiger partial charge in [-0.15, -0.1) is 0 Å². The molecule has 25 heavy (non-hydrogen) atoms. The van der Waals surface area contributed by atoms with Crippen LogP contribution >= 0.6 is 0 Å². The molecule has 1 aliphatic heterocycles. The van der Waals surface area contributed by atoms with Gasteiger partial charge in [0.1, 0.15) is 0 Å². The molecule has 3 rings (SSSR count). The van der Waals surface area contributed by atoms with Gasteiger partial charge in [-0.1, -0.05) is 36.4 Å². The zero-order chi connectivity index (χ0) is 18.1. The first-order valence-electron chi connectivity index (χ1n) is 8.70. The molecule has 4 nitrogen and oxygen atoms in total.